The van der Waals surface area contributed by atoms with Gasteiger partial charge in [-0.2, -0.15) is 0 Å². The van der Waals surface area contributed by atoms with Crippen LogP contribution in [0, 0.1) is 6.92 Å². The summed E-state index contributed by atoms with van der Waals surface area (Å²) in [7, 11) is 0. The topological polar surface area (TPSA) is 84.6 Å². The fourth-order valence-corrected chi connectivity index (χ4v) is 3.80. The standard InChI is InChI=1S/C19H31N5O2/c1-3-4-16(20)19(25)24-7-5-15(6-8-24)17-13-18(22-14(2)21-17)23-9-11-26-12-10-23/h13,15-16H,3-12,20H2,1-2H3/t16-/m0/s1. The molecule has 3 heterocycles. The van der Waals surface area contributed by atoms with Crippen molar-refractivity contribution in [2.45, 2.75) is 51.5 Å². The van der Waals surface area contributed by atoms with E-state index in [2.05, 4.69) is 27.9 Å². The first-order valence-corrected chi connectivity index (χ1v) is 9.81. The van der Waals surface area contributed by atoms with Crippen molar-refractivity contribution in [3.8, 4) is 0 Å². The maximum Gasteiger partial charge on any atom is 0.239 e. The normalized spacial score (nSPS) is 20.3. The molecule has 26 heavy (non-hydrogen) atoms. The van der Waals surface area contributed by atoms with Gasteiger partial charge in [0.05, 0.1) is 19.3 Å². The molecular weight excluding hydrogens is 330 g/mol. The Bertz CT molecular complexity index is 610. The second-order valence-corrected chi connectivity index (χ2v) is 7.29. The molecule has 0 aromatic carbocycles. The Hall–Kier alpha value is -1.73. The Morgan fingerprint density at radius 2 is 1.96 bits per heavy atom. The number of morpholine rings is 1. The molecule has 0 unspecified atom stereocenters. The molecule has 2 aliphatic rings. The summed E-state index contributed by atoms with van der Waals surface area (Å²) in [5.41, 5.74) is 7.10. The van der Waals surface area contributed by atoms with Crippen molar-refractivity contribution in [3.63, 3.8) is 0 Å². The van der Waals surface area contributed by atoms with Crippen molar-refractivity contribution in [2.75, 3.05) is 44.3 Å². The SMILES string of the molecule is CCC[C@H](N)C(=O)N1CCC(c2cc(N3CCOCC3)nc(C)n2)CC1. The third-order valence-corrected chi connectivity index (χ3v) is 5.32. The van der Waals surface area contributed by atoms with Crippen LogP contribution in [0.2, 0.25) is 0 Å². The van der Waals surface area contributed by atoms with E-state index in [1.807, 2.05) is 11.8 Å². The van der Waals surface area contributed by atoms with Gasteiger partial charge in [-0.1, -0.05) is 13.3 Å². The van der Waals surface area contributed by atoms with E-state index in [1.54, 1.807) is 0 Å². The summed E-state index contributed by atoms with van der Waals surface area (Å²) >= 11 is 0. The summed E-state index contributed by atoms with van der Waals surface area (Å²) in [5, 5.41) is 0. The molecule has 7 heteroatoms. The Labute approximate surface area is 155 Å². The van der Waals surface area contributed by atoms with Gasteiger partial charge in [0.25, 0.3) is 0 Å². The molecule has 1 atom stereocenters. The van der Waals surface area contributed by atoms with Crippen molar-refractivity contribution < 1.29 is 9.53 Å². The molecule has 2 N–H and O–H groups in total. The summed E-state index contributed by atoms with van der Waals surface area (Å²) in [6, 6.07) is 1.77. The van der Waals surface area contributed by atoms with Gasteiger partial charge in [0.1, 0.15) is 11.6 Å². The minimum atomic E-state index is -0.356. The van der Waals surface area contributed by atoms with Crippen molar-refractivity contribution in [1.82, 2.24) is 14.9 Å². The Morgan fingerprint density at radius 3 is 2.62 bits per heavy atom. The highest BCUT2D eigenvalue weighted by atomic mass is 16.5. The predicted octanol–water partition coefficient (Wildman–Crippen LogP) is 1.46. The number of piperidine rings is 1. The summed E-state index contributed by atoms with van der Waals surface area (Å²) in [5.74, 6) is 2.29. The van der Waals surface area contributed by atoms with Crippen molar-refractivity contribution in [3.05, 3.63) is 17.6 Å². The summed E-state index contributed by atoms with van der Waals surface area (Å²) < 4.78 is 5.44. The minimum Gasteiger partial charge on any atom is -0.378 e. The lowest BCUT2D eigenvalue weighted by molar-refractivity contribution is -0.133. The van der Waals surface area contributed by atoms with E-state index in [9.17, 15) is 4.79 Å². The fraction of sp³-hybridized carbons (Fsp3) is 0.737. The number of nitrogens with two attached hydrogens (primary N) is 1. The van der Waals surface area contributed by atoms with Gasteiger partial charge in [0.2, 0.25) is 5.91 Å². The van der Waals surface area contributed by atoms with E-state index in [0.717, 1.165) is 82.4 Å². The first-order valence-electron chi connectivity index (χ1n) is 9.81. The maximum atomic E-state index is 12.4. The van der Waals surface area contributed by atoms with Crippen LogP contribution in [0.25, 0.3) is 0 Å². The quantitative estimate of drug-likeness (QED) is 0.855. The molecule has 2 saturated heterocycles. The van der Waals surface area contributed by atoms with Gasteiger partial charge in [-0.3, -0.25) is 4.79 Å². The van der Waals surface area contributed by atoms with Crippen LogP contribution in [-0.4, -0.2) is 66.2 Å². The molecule has 0 bridgehead atoms. The van der Waals surface area contributed by atoms with Gasteiger partial charge in [-0.15, -0.1) is 0 Å². The zero-order chi connectivity index (χ0) is 18.5. The van der Waals surface area contributed by atoms with E-state index >= 15 is 0 Å². The van der Waals surface area contributed by atoms with Gasteiger partial charge in [0.15, 0.2) is 0 Å². The number of hydrogen-bond acceptors (Lipinski definition) is 6. The van der Waals surface area contributed by atoms with Crippen molar-refractivity contribution in [2.24, 2.45) is 5.73 Å². The first-order chi connectivity index (χ1) is 12.6. The molecule has 1 aromatic heterocycles. The zero-order valence-corrected chi connectivity index (χ0v) is 16.0. The highest BCUT2D eigenvalue weighted by Crippen LogP contribution is 2.29. The molecule has 7 nitrogen and oxygen atoms in total. The smallest absolute Gasteiger partial charge is 0.239 e. The Balaban J connectivity index is 1.64. The average Bonchev–Trinajstić information content (AvgIpc) is 2.68. The number of likely N-dealkylation sites (tertiary alicyclic amines) is 1. The van der Waals surface area contributed by atoms with Gasteiger partial charge in [-0.05, 0) is 26.2 Å². The molecule has 2 fully saturated rings. The van der Waals surface area contributed by atoms with Gasteiger partial charge in [0, 0.05) is 43.9 Å². The van der Waals surface area contributed by atoms with E-state index in [0.29, 0.717) is 5.92 Å². The van der Waals surface area contributed by atoms with Gasteiger partial charge >= 0.3 is 0 Å². The van der Waals surface area contributed by atoms with Crippen LogP contribution >= 0.6 is 0 Å². The average molecular weight is 361 g/mol. The lowest BCUT2D eigenvalue weighted by Gasteiger charge is -2.34. The number of anilines is 1. The molecule has 0 saturated carbocycles. The lowest BCUT2D eigenvalue weighted by atomic mass is 9.92. The molecular formula is C19H31N5O2. The molecule has 0 spiro atoms. The van der Waals surface area contributed by atoms with Gasteiger partial charge in [-0.25, -0.2) is 9.97 Å². The van der Waals surface area contributed by atoms with Crippen LogP contribution in [0.3, 0.4) is 0 Å². The summed E-state index contributed by atoms with van der Waals surface area (Å²) in [6.45, 7) is 8.77. The lowest BCUT2D eigenvalue weighted by Crippen LogP contribution is -2.46. The van der Waals surface area contributed by atoms with Crippen LogP contribution in [0.5, 0.6) is 0 Å². The molecule has 2 aliphatic heterocycles. The predicted molar refractivity (Wildman–Crippen MR) is 101 cm³/mol. The second kappa shape index (κ2) is 8.77. The van der Waals surface area contributed by atoms with E-state index in [-0.39, 0.29) is 11.9 Å². The van der Waals surface area contributed by atoms with Crippen LogP contribution in [0.4, 0.5) is 5.82 Å². The van der Waals surface area contributed by atoms with Crippen molar-refractivity contribution >= 4 is 11.7 Å². The number of aromatic nitrogens is 2. The fourth-order valence-electron chi connectivity index (χ4n) is 3.80. The first kappa shape index (κ1) is 19.0. The number of aryl methyl sites for hydroxylation is 1. The second-order valence-electron chi connectivity index (χ2n) is 7.29. The monoisotopic (exact) mass is 361 g/mol. The molecule has 3 rings (SSSR count). The highest BCUT2D eigenvalue weighted by Gasteiger charge is 2.28. The van der Waals surface area contributed by atoms with Crippen molar-refractivity contribution in [1.29, 1.82) is 0 Å². The number of amides is 1. The maximum absolute atomic E-state index is 12.4. The molecule has 0 radical (unpaired) electrons. The zero-order valence-electron chi connectivity index (χ0n) is 16.0. The number of nitrogens with zero attached hydrogens (tertiary/aromatic N) is 4. The summed E-state index contributed by atoms with van der Waals surface area (Å²) in [4.78, 5) is 25.9. The Morgan fingerprint density at radius 1 is 1.27 bits per heavy atom. The van der Waals surface area contributed by atoms with Crippen LogP contribution < -0.4 is 10.6 Å². The molecule has 0 aliphatic carbocycles. The molecule has 144 valence electrons. The number of carbonyl (C=O) groups is 1. The third-order valence-electron chi connectivity index (χ3n) is 5.32. The number of hydrogen-bond donors (Lipinski definition) is 1. The van der Waals surface area contributed by atoms with E-state index in [1.165, 1.54) is 0 Å². The minimum absolute atomic E-state index is 0.0955. The number of carbonyl (C=O) groups excluding carboxylic acids is 1. The third kappa shape index (κ3) is 4.51. The number of rotatable bonds is 5. The number of ether oxygens (including phenoxy) is 1. The van der Waals surface area contributed by atoms with Crippen LogP contribution in [-0.2, 0) is 9.53 Å². The molecule has 1 aromatic rings. The summed E-state index contributed by atoms with van der Waals surface area (Å²) in [6.07, 6.45) is 3.56. The Kier molecular flexibility index (Phi) is 6.43. The highest BCUT2D eigenvalue weighted by molar-refractivity contribution is 5.81. The van der Waals surface area contributed by atoms with Crippen LogP contribution in [0.1, 0.15) is 50.0 Å². The van der Waals surface area contributed by atoms with Crippen LogP contribution in [0.15, 0.2) is 6.07 Å². The van der Waals surface area contributed by atoms with Gasteiger partial charge < -0.3 is 20.3 Å². The largest absolute Gasteiger partial charge is 0.378 e. The molecule has 1 amide bonds. The van der Waals surface area contributed by atoms with E-state index < -0.39 is 0 Å². The van der Waals surface area contributed by atoms with E-state index in [4.69, 9.17) is 10.5 Å².